The molecule has 10 heteroatoms. The molecule has 2 N–H and O–H groups in total. The fraction of sp³-hybridized carbons (Fsp3) is 0.385. The van der Waals surface area contributed by atoms with Gasteiger partial charge in [-0.15, -0.1) is 0 Å². The Hall–Kier alpha value is -3.92. The van der Waals surface area contributed by atoms with Crippen LogP contribution in [0.25, 0.3) is 22.3 Å². The van der Waals surface area contributed by atoms with E-state index in [2.05, 4.69) is 5.32 Å². The highest BCUT2D eigenvalue weighted by Crippen LogP contribution is 2.50. The van der Waals surface area contributed by atoms with E-state index in [0.717, 1.165) is 22.1 Å². The summed E-state index contributed by atoms with van der Waals surface area (Å²) in [6.07, 6.45) is 1.42. The Kier molecular flexibility index (Phi) is 4.20. The summed E-state index contributed by atoms with van der Waals surface area (Å²) in [5.74, 6) is 0.427. The van der Waals surface area contributed by atoms with Crippen molar-refractivity contribution in [1.29, 1.82) is 0 Å². The van der Waals surface area contributed by atoms with Gasteiger partial charge >= 0.3 is 5.97 Å². The Labute approximate surface area is 204 Å². The number of cyclic esters (lactones) is 1. The van der Waals surface area contributed by atoms with Gasteiger partial charge in [-0.1, -0.05) is 6.92 Å². The number of rotatable bonds is 2. The lowest BCUT2D eigenvalue weighted by molar-refractivity contribution is -0.172. The van der Waals surface area contributed by atoms with Crippen molar-refractivity contribution in [2.24, 2.45) is 0 Å². The molecule has 0 bridgehead atoms. The zero-order valence-electron chi connectivity index (χ0n) is 19.8. The van der Waals surface area contributed by atoms with Crippen molar-refractivity contribution in [2.45, 2.75) is 57.9 Å². The van der Waals surface area contributed by atoms with Crippen LogP contribution in [-0.2, 0) is 39.5 Å². The molecule has 2 aromatic heterocycles. The molecule has 36 heavy (non-hydrogen) atoms. The number of ether oxygens (including phenoxy) is 3. The van der Waals surface area contributed by atoms with Crippen molar-refractivity contribution in [3.8, 4) is 22.9 Å². The van der Waals surface area contributed by atoms with Gasteiger partial charge in [-0.05, 0) is 30.9 Å². The summed E-state index contributed by atoms with van der Waals surface area (Å²) in [6.45, 7) is 3.38. The molecule has 0 unspecified atom stereocenters. The van der Waals surface area contributed by atoms with Crippen LogP contribution in [0.3, 0.4) is 0 Å². The molecule has 7 rings (SSSR count). The van der Waals surface area contributed by atoms with E-state index in [1.807, 2.05) is 6.07 Å². The van der Waals surface area contributed by atoms with Crippen LogP contribution < -0.4 is 20.3 Å². The summed E-state index contributed by atoms with van der Waals surface area (Å²) in [5.41, 5.74) is 2.88. The quantitative estimate of drug-likeness (QED) is 0.409. The number of pyridine rings is 2. The predicted molar refractivity (Wildman–Crippen MR) is 126 cm³/mol. The molecule has 1 amide bonds. The number of hydrogen-bond acceptors (Lipinski definition) is 8. The number of aryl methyl sites for hydroxylation is 1. The van der Waals surface area contributed by atoms with E-state index in [4.69, 9.17) is 19.2 Å². The lowest BCUT2D eigenvalue weighted by atomic mass is 9.82. The molecule has 3 aromatic rings. The summed E-state index contributed by atoms with van der Waals surface area (Å²) in [5, 5.41) is 15.1. The number of benzene rings is 1. The molecule has 0 spiro atoms. The lowest BCUT2D eigenvalue weighted by Crippen LogP contribution is -2.44. The molecule has 3 aliphatic heterocycles. The van der Waals surface area contributed by atoms with Gasteiger partial charge in [0.2, 0.25) is 12.7 Å². The van der Waals surface area contributed by atoms with Gasteiger partial charge in [0, 0.05) is 35.1 Å². The summed E-state index contributed by atoms with van der Waals surface area (Å²) in [4.78, 5) is 43.2. The highest BCUT2D eigenvalue weighted by atomic mass is 16.7. The Balaban J connectivity index is 1.54. The minimum Gasteiger partial charge on any atom is -0.458 e. The molecule has 4 aliphatic rings. The number of nitrogens with one attached hydrogen (secondary N) is 1. The number of carbonyl (C=O) groups excluding carboxylic acids is 2. The van der Waals surface area contributed by atoms with Gasteiger partial charge in [0.25, 0.3) is 5.56 Å². The third kappa shape index (κ3) is 2.59. The Morgan fingerprint density at radius 1 is 1.22 bits per heavy atom. The molecule has 0 saturated carbocycles. The molecule has 10 nitrogen and oxygen atoms in total. The average Bonchev–Trinajstić information content (AvgIpc) is 3.47. The highest BCUT2D eigenvalue weighted by Gasteiger charge is 2.46. The maximum absolute atomic E-state index is 13.6. The van der Waals surface area contributed by atoms with Crippen LogP contribution in [0.2, 0.25) is 0 Å². The molecule has 0 fully saturated rings. The summed E-state index contributed by atoms with van der Waals surface area (Å²) in [7, 11) is 0. The molecule has 1 aliphatic carbocycles. The second kappa shape index (κ2) is 7.07. The molecule has 0 radical (unpaired) electrons. The minimum absolute atomic E-state index is 0.0718. The largest absolute Gasteiger partial charge is 0.458 e. The van der Waals surface area contributed by atoms with E-state index in [9.17, 15) is 19.5 Å². The Bertz CT molecular complexity index is 1610. The summed E-state index contributed by atoms with van der Waals surface area (Å²) in [6, 6.07) is 3.27. The van der Waals surface area contributed by atoms with E-state index in [0.29, 0.717) is 41.2 Å². The van der Waals surface area contributed by atoms with E-state index in [-0.39, 0.29) is 55.0 Å². The Morgan fingerprint density at radius 2 is 2.06 bits per heavy atom. The summed E-state index contributed by atoms with van der Waals surface area (Å²) >= 11 is 0. The van der Waals surface area contributed by atoms with E-state index in [1.54, 1.807) is 17.6 Å². The van der Waals surface area contributed by atoms with Gasteiger partial charge in [0.15, 0.2) is 17.1 Å². The first-order chi connectivity index (χ1) is 17.3. The van der Waals surface area contributed by atoms with Crippen molar-refractivity contribution in [3.05, 3.63) is 50.3 Å². The van der Waals surface area contributed by atoms with Crippen molar-refractivity contribution in [3.63, 3.8) is 0 Å². The molecule has 1 aromatic carbocycles. The molecule has 5 heterocycles. The van der Waals surface area contributed by atoms with Crippen LogP contribution in [0.15, 0.2) is 16.9 Å². The summed E-state index contributed by atoms with van der Waals surface area (Å²) < 4.78 is 18.2. The van der Waals surface area contributed by atoms with Crippen LogP contribution in [-0.4, -0.2) is 33.3 Å². The van der Waals surface area contributed by atoms with Gasteiger partial charge < -0.3 is 29.2 Å². The molecular formula is C26H23N3O7. The van der Waals surface area contributed by atoms with Crippen LogP contribution in [0, 0.1) is 0 Å². The first kappa shape index (κ1) is 21.4. The molecule has 0 saturated heterocycles. The number of carbonyl (C=O) groups is 2. The van der Waals surface area contributed by atoms with E-state index in [1.165, 1.54) is 6.92 Å². The monoisotopic (exact) mass is 489 g/mol. The lowest BCUT2D eigenvalue weighted by Gasteiger charge is -2.31. The normalized spacial score (nSPS) is 22.6. The fourth-order valence-corrected chi connectivity index (χ4v) is 6.18. The van der Waals surface area contributed by atoms with Gasteiger partial charge in [-0.3, -0.25) is 9.59 Å². The fourth-order valence-electron chi connectivity index (χ4n) is 6.18. The maximum atomic E-state index is 13.6. The van der Waals surface area contributed by atoms with Crippen molar-refractivity contribution in [2.75, 3.05) is 6.79 Å². The Morgan fingerprint density at radius 3 is 2.83 bits per heavy atom. The van der Waals surface area contributed by atoms with Gasteiger partial charge in [-0.25, -0.2) is 9.78 Å². The van der Waals surface area contributed by atoms with Crippen molar-refractivity contribution < 1.29 is 28.9 Å². The zero-order chi connectivity index (χ0) is 24.9. The number of amides is 1. The third-order valence-corrected chi connectivity index (χ3v) is 7.86. The van der Waals surface area contributed by atoms with E-state index < -0.39 is 11.6 Å². The maximum Gasteiger partial charge on any atom is 0.343 e. The van der Waals surface area contributed by atoms with Crippen LogP contribution in [0.4, 0.5) is 0 Å². The zero-order valence-corrected chi connectivity index (χ0v) is 19.8. The van der Waals surface area contributed by atoms with Crippen LogP contribution >= 0.6 is 0 Å². The number of fused-ring (bicyclic) bond motifs is 7. The number of aliphatic hydroxyl groups is 1. The number of nitrogens with zero attached hydrogens (tertiary/aromatic N) is 2. The van der Waals surface area contributed by atoms with Crippen LogP contribution in [0.1, 0.15) is 60.5 Å². The predicted octanol–water partition coefficient (Wildman–Crippen LogP) is 1.93. The second-order valence-corrected chi connectivity index (χ2v) is 9.73. The van der Waals surface area contributed by atoms with Gasteiger partial charge in [-0.2, -0.15) is 0 Å². The number of aromatic nitrogens is 2. The number of esters is 1. The molecular weight excluding hydrogens is 466 g/mol. The van der Waals surface area contributed by atoms with Crippen molar-refractivity contribution in [1.82, 2.24) is 14.9 Å². The number of hydrogen-bond donors (Lipinski definition) is 2. The topological polar surface area (TPSA) is 129 Å². The SMILES string of the molecule is CC[C@@]1(O)C(=O)OCc2c1cc1n(c2=O)Cc2c-1nc1cc3c(c4c1c2[C@@H](NC(C)=O)CC4)OCO3. The second-order valence-electron chi connectivity index (χ2n) is 9.73. The first-order valence-corrected chi connectivity index (χ1v) is 12.0. The first-order valence-electron chi connectivity index (χ1n) is 12.0. The average molecular weight is 489 g/mol. The van der Waals surface area contributed by atoms with Crippen molar-refractivity contribution >= 4 is 22.8 Å². The van der Waals surface area contributed by atoms with E-state index >= 15 is 0 Å². The van der Waals surface area contributed by atoms with Gasteiger partial charge in [0.05, 0.1) is 35.1 Å². The van der Waals surface area contributed by atoms with Crippen LogP contribution in [0.5, 0.6) is 11.5 Å². The van der Waals surface area contributed by atoms with Gasteiger partial charge in [0.1, 0.15) is 6.61 Å². The smallest absolute Gasteiger partial charge is 0.343 e. The highest BCUT2D eigenvalue weighted by molar-refractivity contribution is 5.96. The molecule has 184 valence electrons. The molecule has 2 atom stereocenters. The standard InChI is InChI=1S/C26H23N3O7/c1-3-26(33)15-6-18-22-13(8-29(18)24(31)14(15)9-34-25(26)32)21-16(27-11(2)30)5-4-12-20(21)17(28-22)7-19-23(12)36-10-35-19/h6-7,16,33H,3-5,8-10H2,1-2H3,(H,27,30)/t16-,26-/m0/s1. The minimum atomic E-state index is -1.89. The third-order valence-electron chi connectivity index (χ3n) is 7.86.